The Balaban J connectivity index is 1.27. The first-order chi connectivity index (χ1) is 16.1. The maximum absolute atomic E-state index is 12.7. The number of anilines is 1. The molecular formula is C24H31N7O2. The Labute approximate surface area is 192 Å². The van der Waals surface area contributed by atoms with Crippen molar-refractivity contribution in [1.29, 1.82) is 0 Å². The van der Waals surface area contributed by atoms with E-state index in [1.54, 1.807) is 40.8 Å². The van der Waals surface area contributed by atoms with E-state index in [0.717, 1.165) is 62.9 Å². The van der Waals surface area contributed by atoms with Gasteiger partial charge in [-0.05, 0) is 56.7 Å². The molecule has 9 heteroatoms. The zero-order valence-electron chi connectivity index (χ0n) is 19.2. The molecule has 2 aliphatic rings. The Bertz CT molecular complexity index is 1270. The lowest BCUT2D eigenvalue weighted by atomic mass is 9.97. The van der Waals surface area contributed by atoms with Gasteiger partial charge in [-0.1, -0.05) is 6.42 Å². The number of aromatic nitrogens is 5. The van der Waals surface area contributed by atoms with Crippen molar-refractivity contribution in [2.24, 2.45) is 7.05 Å². The van der Waals surface area contributed by atoms with Crippen molar-refractivity contribution in [1.82, 2.24) is 29.2 Å². The fourth-order valence-corrected chi connectivity index (χ4v) is 5.06. The number of likely N-dealkylation sites (tertiary alicyclic amines) is 1. The van der Waals surface area contributed by atoms with Gasteiger partial charge >= 0.3 is 0 Å². The van der Waals surface area contributed by atoms with Crippen LogP contribution in [-0.4, -0.2) is 54.9 Å². The van der Waals surface area contributed by atoms with E-state index < -0.39 is 0 Å². The number of fused-ring (bicyclic) bond motifs is 2. The fourth-order valence-electron chi connectivity index (χ4n) is 5.06. The second kappa shape index (κ2) is 9.43. The predicted octanol–water partition coefficient (Wildman–Crippen LogP) is 1.73. The summed E-state index contributed by atoms with van der Waals surface area (Å²) in [6.07, 6.45) is 10.9. The van der Waals surface area contributed by atoms with Gasteiger partial charge in [-0.3, -0.25) is 24.0 Å². The molecule has 4 heterocycles. The first-order valence-corrected chi connectivity index (χ1v) is 12.0. The van der Waals surface area contributed by atoms with E-state index in [-0.39, 0.29) is 11.1 Å². The van der Waals surface area contributed by atoms with Crippen LogP contribution in [0.4, 0.5) is 5.95 Å². The number of hydrogen-bond donors (Lipinski definition) is 1. The minimum Gasteiger partial charge on any atom is -0.354 e. The van der Waals surface area contributed by atoms with E-state index in [0.29, 0.717) is 36.0 Å². The Morgan fingerprint density at radius 1 is 1.12 bits per heavy atom. The molecule has 0 amide bonds. The molecule has 1 saturated heterocycles. The van der Waals surface area contributed by atoms with Gasteiger partial charge in [-0.25, -0.2) is 9.67 Å². The van der Waals surface area contributed by atoms with Gasteiger partial charge in [-0.15, -0.1) is 0 Å². The first-order valence-electron chi connectivity index (χ1n) is 12.0. The number of aryl methyl sites for hydroxylation is 2. The van der Waals surface area contributed by atoms with Gasteiger partial charge in [0.1, 0.15) is 0 Å². The normalized spacial score (nSPS) is 18.9. The highest BCUT2D eigenvalue weighted by Crippen LogP contribution is 2.19. The second-order valence-corrected chi connectivity index (χ2v) is 9.14. The van der Waals surface area contributed by atoms with Crippen molar-refractivity contribution in [3.63, 3.8) is 0 Å². The highest BCUT2D eigenvalue weighted by molar-refractivity contribution is 5.77. The van der Waals surface area contributed by atoms with Crippen molar-refractivity contribution in [3.8, 4) is 0 Å². The van der Waals surface area contributed by atoms with Crippen LogP contribution in [0.3, 0.4) is 0 Å². The van der Waals surface area contributed by atoms with Crippen LogP contribution >= 0.6 is 0 Å². The van der Waals surface area contributed by atoms with E-state index in [4.69, 9.17) is 0 Å². The lowest BCUT2D eigenvalue weighted by molar-refractivity contribution is 0.147. The topological polar surface area (TPSA) is 97.9 Å². The van der Waals surface area contributed by atoms with Crippen LogP contribution in [-0.2, 0) is 26.4 Å². The van der Waals surface area contributed by atoms with Crippen molar-refractivity contribution in [3.05, 3.63) is 56.5 Å². The maximum Gasteiger partial charge on any atom is 0.267 e. The summed E-state index contributed by atoms with van der Waals surface area (Å²) >= 11 is 0. The zero-order valence-corrected chi connectivity index (χ0v) is 19.2. The Hall–Kier alpha value is -3.07. The third kappa shape index (κ3) is 4.55. The molecule has 1 atom stereocenters. The number of hydrogen-bond acceptors (Lipinski definition) is 7. The summed E-state index contributed by atoms with van der Waals surface area (Å²) in [5, 5.41) is 8.64. The fraction of sp³-hybridized carbons (Fsp3) is 0.542. The Morgan fingerprint density at radius 2 is 2.00 bits per heavy atom. The summed E-state index contributed by atoms with van der Waals surface area (Å²) in [6.45, 7) is 3.08. The second-order valence-electron chi connectivity index (χ2n) is 9.14. The molecule has 174 valence electrons. The molecule has 0 radical (unpaired) electrons. The molecule has 1 aliphatic carbocycles. The van der Waals surface area contributed by atoms with Crippen molar-refractivity contribution >= 4 is 16.9 Å². The van der Waals surface area contributed by atoms with Crippen molar-refractivity contribution in [2.45, 2.75) is 57.5 Å². The molecule has 0 aromatic carbocycles. The molecule has 5 rings (SSSR count). The summed E-state index contributed by atoms with van der Waals surface area (Å²) in [4.78, 5) is 36.4. The summed E-state index contributed by atoms with van der Waals surface area (Å²) in [6, 6.07) is 3.81. The molecule has 33 heavy (non-hydrogen) atoms. The first kappa shape index (κ1) is 21.8. The highest BCUT2D eigenvalue weighted by Gasteiger charge is 2.23. The molecule has 1 N–H and O–H groups in total. The zero-order chi connectivity index (χ0) is 22.8. The van der Waals surface area contributed by atoms with Crippen LogP contribution in [0.15, 0.2) is 34.1 Å². The monoisotopic (exact) mass is 449 g/mol. The molecule has 3 aromatic rings. The highest BCUT2D eigenvalue weighted by atomic mass is 16.1. The van der Waals surface area contributed by atoms with E-state index in [2.05, 4.69) is 25.3 Å². The van der Waals surface area contributed by atoms with Gasteiger partial charge in [0.2, 0.25) is 5.95 Å². The SMILES string of the molecule is Cn1c(NCC2CCCCN2CCn2nc3c(cc2=O)CCCC3)nc2cnccc2c1=O. The standard InChI is InChI=1S/C24H31N7O2/c1-29-23(33)19-9-10-25-16-21(19)27-24(29)26-15-18-7-4-5-11-30(18)12-13-31-22(32)14-17-6-2-3-8-20(17)28-31/h9-10,14,16,18H,2-8,11-13,15H2,1H3,(H,26,27). The molecule has 1 aliphatic heterocycles. The molecule has 1 unspecified atom stereocenters. The van der Waals surface area contributed by atoms with Gasteiger partial charge in [0.05, 0.1) is 29.3 Å². The van der Waals surface area contributed by atoms with Crippen LogP contribution in [0.5, 0.6) is 0 Å². The molecule has 0 bridgehead atoms. The number of rotatable bonds is 6. The lowest BCUT2D eigenvalue weighted by Gasteiger charge is -2.36. The quantitative estimate of drug-likeness (QED) is 0.612. The van der Waals surface area contributed by atoms with Gasteiger partial charge in [-0.2, -0.15) is 5.10 Å². The van der Waals surface area contributed by atoms with E-state index in [1.165, 1.54) is 6.42 Å². The van der Waals surface area contributed by atoms with Crippen LogP contribution in [0, 0.1) is 0 Å². The molecule has 3 aromatic heterocycles. The summed E-state index contributed by atoms with van der Waals surface area (Å²) in [7, 11) is 1.74. The molecular weight excluding hydrogens is 418 g/mol. The Kier molecular flexibility index (Phi) is 6.22. The van der Waals surface area contributed by atoms with Crippen LogP contribution in [0.2, 0.25) is 0 Å². The average molecular weight is 450 g/mol. The van der Waals surface area contributed by atoms with E-state index in [9.17, 15) is 9.59 Å². The molecule has 0 spiro atoms. The van der Waals surface area contributed by atoms with E-state index in [1.807, 2.05) is 0 Å². The third-order valence-electron chi connectivity index (χ3n) is 7.00. The number of nitrogens with one attached hydrogen (secondary N) is 1. The summed E-state index contributed by atoms with van der Waals surface area (Å²) < 4.78 is 3.21. The van der Waals surface area contributed by atoms with Crippen LogP contribution in [0.25, 0.3) is 10.9 Å². The van der Waals surface area contributed by atoms with Crippen LogP contribution < -0.4 is 16.4 Å². The molecule has 1 fully saturated rings. The Morgan fingerprint density at radius 3 is 2.91 bits per heavy atom. The molecule has 9 nitrogen and oxygen atoms in total. The van der Waals surface area contributed by atoms with Gasteiger partial charge in [0, 0.05) is 38.4 Å². The summed E-state index contributed by atoms with van der Waals surface area (Å²) in [5.41, 5.74) is 2.75. The minimum atomic E-state index is -0.0803. The lowest BCUT2D eigenvalue weighted by Crippen LogP contribution is -2.46. The smallest absolute Gasteiger partial charge is 0.267 e. The predicted molar refractivity (Wildman–Crippen MR) is 128 cm³/mol. The van der Waals surface area contributed by atoms with Crippen LogP contribution in [0.1, 0.15) is 43.4 Å². The minimum absolute atomic E-state index is 0.00584. The van der Waals surface area contributed by atoms with Crippen molar-refractivity contribution < 1.29 is 0 Å². The summed E-state index contributed by atoms with van der Waals surface area (Å²) in [5.74, 6) is 0.554. The molecule has 0 saturated carbocycles. The van der Waals surface area contributed by atoms with Gasteiger partial charge < -0.3 is 5.32 Å². The van der Waals surface area contributed by atoms with E-state index >= 15 is 0 Å². The van der Waals surface area contributed by atoms with Crippen molar-refractivity contribution in [2.75, 3.05) is 25.0 Å². The number of nitrogens with zero attached hydrogens (tertiary/aromatic N) is 6. The maximum atomic E-state index is 12.7. The third-order valence-corrected chi connectivity index (χ3v) is 7.00. The van der Waals surface area contributed by atoms with Gasteiger partial charge in [0.25, 0.3) is 11.1 Å². The largest absolute Gasteiger partial charge is 0.354 e. The number of pyridine rings is 1. The van der Waals surface area contributed by atoms with Gasteiger partial charge in [0.15, 0.2) is 0 Å². The average Bonchev–Trinajstić information content (AvgIpc) is 2.84. The number of piperidine rings is 1.